The molecule has 0 atom stereocenters. The first kappa shape index (κ1) is 20.9. The number of anilines is 1. The van der Waals surface area contributed by atoms with E-state index in [0.29, 0.717) is 36.0 Å². The van der Waals surface area contributed by atoms with Gasteiger partial charge in [0.05, 0.1) is 36.9 Å². The second-order valence-electron chi connectivity index (χ2n) is 8.02. The number of carbonyl (C=O) groups excluding carboxylic acids is 1. The second-order valence-corrected chi connectivity index (χ2v) is 8.02. The minimum atomic E-state index is -0.408. The topological polar surface area (TPSA) is 65.8 Å². The Morgan fingerprint density at radius 1 is 1.19 bits per heavy atom. The summed E-state index contributed by atoms with van der Waals surface area (Å²) in [4.78, 5) is 15.1. The van der Waals surface area contributed by atoms with Crippen molar-refractivity contribution in [3.63, 3.8) is 0 Å². The third-order valence-electron chi connectivity index (χ3n) is 5.38. The van der Waals surface area contributed by atoms with Crippen LogP contribution in [0.4, 0.5) is 5.82 Å². The smallest absolute Gasteiger partial charge is 0.263 e. The van der Waals surface area contributed by atoms with Gasteiger partial charge in [0.1, 0.15) is 17.1 Å². The number of methoxy groups -OCH3 is 2. The van der Waals surface area contributed by atoms with E-state index in [1.165, 1.54) is 0 Å². The SMILES string of the molecule is COCCn1nc(N(C)C(=O)c2ccc3c(c2OC)C=CC(C)(C)O3)c2ccccc21. The average Bonchev–Trinajstić information content (AvgIpc) is 3.13. The van der Waals surface area contributed by atoms with Crippen molar-refractivity contribution in [1.82, 2.24) is 9.78 Å². The summed E-state index contributed by atoms with van der Waals surface area (Å²) >= 11 is 0. The number of amides is 1. The molecule has 3 aromatic rings. The molecule has 0 saturated carbocycles. The Hall–Kier alpha value is -3.32. The van der Waals surface area contributed by atoms with Gasteiger partial charge in [0.2, 0.25) is 0 Å². The number of para-hydroxylation sites is 1. The lowest BCUT2D eigenvalue weighted by Crippen LogP contribution is -2.29. The van der Waals surface area contributed by atoms with Gasteiger partial charge in [-0.15, -0.1) is 0 Å². The molecular weight excluding hydrogens is 394 g/mol. The van der Waals surface area contributed by atoms with E-state index in [0.717, 1.165) is 16.5 Å². The lowest BCUT2D eigenvalue weighted by Gasteiger charge is -2.29. The van der Waals surface area contributed by atoms with Crippen molar-refractivity contribution >= 4 is 28.7 Å². The Labute approximate surface area is 181 Å². The number of benzene rings is 2. The number of hydrogen-bond donors (Lipinski definition) is 0. The predicted octanol–water partition coefficient (Wildman–Crippen LogP) is 4.15. The molecule has 7 nitrogen and oxygen atoms in total. The third-order valence-corrected chi connectivity index (χ3v) is 5.38. The molecule has 1 amide bonds. The first-order valence-electron chi connectivity index (χ1n) is 10.2. The van der Waals surface area contributed by atoms with Crippen LogP contribution in [0.3, 0.4) is 0 Å². The number of carbonyl (C=O) groups is 1. The van der Waals surface area contributed by atoms with Crippen molar-refractivity contribution in [2.75, 3.05) is 32.8 Å². The standard InChI is InChI=1S/C24H27N3O4/c1-24(2)13-12-17-20(31-24)11-10-18(21(17)30-5)23(28)26(3)22-16-8-6-7-9-19(16)27(25-22)14-15-29-4/h6-13H,14-15H2,1-5H3. The molecule has 4 rings (SSSR count). The van der Waals surface area contributed by atoms with Gasteiger partial charge in [-0.05, 0) is 50.3 Å². The summed E-state index contributed by atoms with van der Waals surface area (Å²) < 4.78 is 18.7. The molecule has 2 aromatic carbocycles. The third kappa shape index (κ3) is 3.77. The van der Waals surface area contributed by atoms with Crippen LogP contribution in [0.5, 0.6) is 11.5 Å². The zero-order valence-electron chi connectivity index (χ0n) is 18.5. The van der Waals surface area contributed by atoms with Gasteiger partial charge in [-0.1, -0.05) is 12.1 Å². The van der Waals surface area contributed by atoms with E-state index in [2.05, 4.69) is 0 Å². The largest absolute Gasteiger partial charge is 0.495 e. The number of hydrogen-bond acceptors (Lipinski definition) is 5. The molecule has 0 bridgehead atoms. The summed E-state index contributed by atoms with van der Waals surface area (Å²) in [5.41, 5.74) is 1.75. The van der Waals surface area contributed by atoms with E-state index < -0.39 is 5.60 Å². The minimum absolute atomic E-state index is 0.208. The molecule has 7 heteroatoms. The van der Waals surface area contributed by atoms with Crippen molar-refractivity contribution in [3.05, 3.63) is 53.6 Å². The Balaban J connectivity index is 1.74. The molecular formula is C24H27N3O4. The molecule has 0 spiro atoms. The summed E-state index contributed by atoms with van der Waals surface area (Å²) in [5, 5.41) is 5.60. The fourth-order valence-electron chi connectivity index (χ4n) is 3.80. The van der Waals surface area contributed by atoms with Gasteiger partial charge in [-0.25, -0.2) is 0 Å². The number of fused-ring (bicyclic) bond motifs is 2. The quantitative estimate of drug-likeness (QED) is 0.598. The molecule has 31 heavy (non-hydrogen) atoms. The molecule has 1 aliphatic heterocycles. The van der Waals surface area contributed by atoms with Gasteiger partial charge in [0.15, 0.2) is 5.82 Å². The maximum absolute atomic E-state index is 13.5. The molecule has 0 N–H and O–H groups in total. The van der Waals surface area contributed by atoms with Crippen LogP contribution in [0.15, 0.2) is 42.5 Å². The number of aromatic nitrogens is 2. The van der Waals surface area contributed by atoms with Crippen molar-refractivity contribution in [1.29, 1.82) is 0 Å². The van der Waals surface area contributed by atoms with Crippen LogP contribution in [0.2, 0.25) is 0 Å². The first-order valence-corrected chi connectivity index (χ1v) is 10.2. The highest BCUT2D eigenvalue weighted by atomic mass is 16.5. The van der Waals surface area contributed by atoms with Gasteiger partial charge < -0.3 is 14.2 Å². The minimum Gasteiger partial charge on any atom is -0.495 e. The van der Waals surface area contributed by atoms with Crippen LogP contribution in [-0.2, 0) is 11.3 Å². The highest BCUT2D eigenvalue weighted by Gasteiger charge is 2.29. The number of nitrogens with zero attached hydrogens (tertiary/aromatic N) is 3. The van der Waals surface area contributed by atoms with Gasteiger partial charge >= 0.3 is 0 Å². The Kier molecular flexibility index (Phi) is 5.45. The summed E-state index contributed by atoms with van der Waals surface area (Å²) in [6.07, 6.45) is 3.91. The maximum atomic E-state index is 13.5. The van der Waals surface area contributed by atoms with Crippen molar-refractivity contribution in [3.8, 4) is 11.5 Å². The summed E-state index contributed by atoms with van der Waals surface area (Å²) in [6, 6.07) is 11.4. The highest BCUT2D eigenvalue weighted by Crippen LogP contribution is 2.39. The van der Waals surface area contributed by atoms with E-state index in [4.69, 9.17) is 19.3 Å². The van der Waals surface area contributed by atoms with Crippen LogP contribution >= 0.6 is 0 Å². The molecule has 0 radical (unpaired) electrons. The van der Waals surface area contributed by atoms with Crippen molar-refractivity contribution in [2.45, 2.75) is 26.0 Å². The molecule has 0 unspecified atom stereocenters. The van der Waals surface area contributed by atoms with Crippen LogP contribution in [0.1, 0.15) is 29.8 Å². The summed E-state index contributed by atoms with van der Waals surface area (Å²) in [6.45, 7) is 5.09. The van der Waals surface area contributed by atoms with Gasteiger partial charge in [-0.2, -0.15) is 5.10 Å². The maximum Gasteiger partial charge on any atom is 0.263 e. The van der Waals surface area contributed by atoms with Crippen LogP contribution in [0, 0.1) is 0 Å². The number of ether oxygens (including phenoxy) is 3. The molecule has 2 heterocycles. The molecule has 0 aliphatic carbocycles. The summed E-state index contributed by atoms with van der Waals surface area (Å²) in [5.74, 6) is 1.56. The lowest BCUT2D eigenvalue weighted by molar-refractivity contribution is 0.0989. The van der Waals surface area contributed by atoms with Crippen LogP contribution < -0.4 is 14.4 Å². The van der Waals surface area contributed by atoms with E-state index in [9.17, 15) is 4.79 Å². The van der Waals surface area contributed by atoms with E-state index >= 15 is 0 Å². The van der Waals surface area contributed by atoms with Gasteiger partial charge in [0.25, 0.3) is 5.91 Å². The predicted molar refractivity (Wildman–Crippen MR) is 121 cm³/mol. The van der Waals surface area contributed by atoms with Crippen LogP contribution in [0.25, 0.3) is 17.0 Å². The van der Waals surface area contributed by atoms with Crippen LogP contribution in [-0.4, -0.2) is 49.2 Å². The van der Waals surface area contributed by atoms with E-state index in [-0.39, 0.29) is 5.91 Å². The normalized spacial score (nSPS) is 14.2. The van der Waals surface area contributed by atoms with E-state index in [1.807, 2.05) is 61.0 Å². The van der Waals surface area contributed by atoms with Gasteiger partial charge in [0, 0.05) is 19.5 Å². The van der Waals surface area contributed by atoms with Gasteiger partial charge in [-0.3, -0.25) is 14.4 Å². The van der Waals surface area contributed by atoms with E-state index in [1.54, 1.807) is 32.2 Å². The zero-order chi connectivity index (χ0) is 22.2. The fourth-order valence-corrected chi connectivity index (χ4v) is 3.80. The Morgan fingerprint density at radius 2 is 1.97 bits per heavy atom. The first-order chi connectivity index (χ1) is 14.9. The highest BCUT2D eigenvalue weighted by molar-refractivity contribution is 6.11. The Morgan fingerprint density at radius 3 is 2.71 bits per heavy atom. The molecule has 162 valence electrons. The number of rotatable bonds is 6. The zero-order valence-corrected chi connectivity index (χ0v) is 18.5. The monoisotopic (exact) mass is 421 g/mol. The fraction of sp³-hybridized carbons (Fsp3) is 0.333. The van der Waals surface area contributed by atoms with Crippen molar-refractivity contribution in [2.24, 2.45) is 0 Å². The molecule has 1 aromatic heterocycles. The Bertz CT molecular complexity index is 1160. The molecule has 0 saturated heterocycles. The average molecular weight is 421 g/mol. The lowest BCUT2D eigenvalue weighted by atomic mass is 9.99. The molecule has 1 aliphatic rings. The molecule has 0 fully saturated rings. The second kappa shape index (κ2) is 8.07. The summed E-state index contributed by atoms with van der Waals surface area (Å²) in [7, 11) is 4.95. The van der Waals surface area contributed by atoms with Crippen molar-refractivity contribution < 1.29 is 19.0 Å².